The Hall–Kier alpha value is -6.36. The van der Waals surface area contributed by atoms with Gasteiger partial charge in [0.25, 0.3) is 0 Å². The van der Waals surface area contributed by atoms with E-state index in [2.05, 4.69) is 53.2 Å². The van der Waals surface area contributed by atoms with Crippen molar-refractivity contribution < 1.29 is 58.2 Å². The predicted molar refractivity (Wildman–Crippen MR) is 276 cm³/mol. The number of aliphatic hydroxyl groups excluding tert-OH is 2. The Morgan fingerprint density at radius 2 is 1.11 bits per heavy atom. The summed E-state index contributed by atoms with van der Waals surface area (Å²) in [6.07, 6.45) is -3.18. The number of benzene rings is 1. The fraction of sp³-hybridized carbons (Fsp3) is 0.667. The van der Waals surface area contributed by atoms with Crippen LogP contribution in [0.2, 0.25) is 0 Å². The monoisotopic (exact) mass is 1060 g/mol. The van der Waals surface area contributed by atoms with Crippen molar-refractivity contribution in [3.05, 3.63) is 35.9 Å². The van der Waals surface area contributed by atoms with E-state index in [1.165, 1.54) is 13.8 Å². The molecular formula is C48H83N15O12. The molecule has 1 aliphatic rings. The minimum absolute atomic E-state index is 0.00262. The third kappa shape index (κ3) is 23.0. The standard InChI is InChI=1S/C48H83N15O12/c1-26(2)24-35-45(72)57-30(13-19-50)40(67)56-33(16-22-53)44(71)63-38(27(3)64)47(74)54-23-17-34(58-41(68)32(15-21-52)59-48(75)39(28(4)65)62-37(66)12-8-9-18-49)43(70)55-31(14-20-51)42(69)61-36(46(73)60-35)25-29-10-6-5-7-11-29/h5-7,10-11,26-28,30-36,38-39,64-65H,8-9,12-25,49-53H2,1-4H3,(H,54,74)(H,55,70)(H,56,67)(H,57,72)(H,58,68)(H,59,75)(H,60,73)(H,61,69)(H,62,66)(H,63,71)/t27?,28?,30-,31-,32-,33-,34-,35-,36+,38-,39-/m0/s1. The van der Waals surface area contributed by atoms with Gasteiger partial charge in [0.1, 0.15) is 54.4 Å². The second kappa shape index (κ2) is 34.3. The van der Waals surface area contributed by atoms with Crippen LogP contribution in [-0.4, -0.2) is 175 Å². The first kappa shape index (κ1) is 64.8. The van der Waals surface area contributed by atoms with Crippen LogP contribution in [0.25, 0.3) is 0 Å². The summed E-state index contributed by atoms with van der Waals surface area (Å²) >= 11 is 0. The topological polar surface area (TPSA) is 462 Å². The fourth-order valence-corrected chi connectivity index (χ4v) is 7.86. The summed E-state index contributed by atoms with van der Waals surface area (Å²) in [6, 6.07) is -4.54. The first-order chi connectivity index (χ1) is 35.6. The van der Waals surface area contributed by atoms with Crippen LogP contribution in [0.5, 0.6) is 0 Å². The van der Waals surface area contributed by atoms with E-state index in [4.69, 9.17) is 28.7 Å². The van der Waals surface area contributed by atoms with Gasteiger partial charge in [0.2, 0.25) is 59.1 Å². The quantitative estimate of drug-likeness (QED) is 0.0453. The summed E-state index contributed by atoms with van der Waals surface area (Å²) < 4.78 is 0. The van der Waals surface area contributed by atoms with Crippen LogP contribution in [-0.2, 0) is 54.4 Å². The molecule has 0 bridgehead atoms. The lowest BCUT2D eigenvalue weighted by molar-refractivity contribution is -0.136. The number of carbonyl (C=O) groups is 10. The highest BCUT2D eigenvalue weighted by atomic mass is 16.3. The Morgan fingerprint density at radius 1 is 0.600 bits per heavy atom. The Balaban J connectivity index is 2.73. The van der Waals surface area contributed by atoms with Gasteiger partial charge >= 0.3 is 0 Å². The maximum atomic E-state index is 14.4. The zero-order valence-corrected chi connectivity index (χ0v) is 43.5. The summed E-state index contributed by atoms with van der Waals surface area (Å²) in [6.45, 7) is 5.37. The molecule has 27 heteroatoms. The lowest BCUT2D eigenvalue weighted by atomic mass is 10.00. The Labute approximate surface area is 437 Å². The number of hydrogen-bond donors (Lipinski definition) is 17. The van der Waals surface area contributed by atoms with Crippen LogP contribution in [0.1, 0.15) is 91.0 Å². The molecule has 75 heavy (non-hydrogen) atoms. The molecule has 0 saturated carbocycles. The zero-order chi connectivity index (χ0) is 56.2. The van der Waals surface area contributed by atoms with Crippen LogP contribution < -0.4 is 81.8 Å². The molecule has 10 amide bonds. The van der Waals surface area contributed by atoms with E-state index >= 15 is 0 Å². The number of hydrogen-bond acceptors (Lipinski definition) is 17. The minimum Gasteiger partial charge on any atom is -0.391 e. The summed E-state index contributed by atoms with van der Waals surface area (Å²) in [7, 11) is 0. The number of rotatable bonds is 23. The maximum Gasteiger partial charge on any atom is 0.245 e. The molecule has 27 nitrogen and oxygen atoms in total. The number of amides is 10. The van der Waals surface area contributed by atoms with E-state index in [1.54, 1.807) is 44.2 Å². The van der Waals surface area contributed by atoms with Crippen LogP contribution in [0.15, 0.2) is 30.3 Å². The molecule has 0 radical (unpaired) electrons. The van der Waals surface area contributed by atoms with Gasteiger partial charge < -0.3 is 92.0 Å². The van der Waals surface area contributed by atoms with E-state index in [0.717, 1.165) is 0 Å². The average molecular weight is 1060 g/mol. The molecular weight excluding hydrogens is 979 g/mol. The van der Waals surface area contributed by atoms with Crippen LogP contribution in [0.4, 0.5) is 0 Å². The molecule has 1 aromatic carbocycles. The van der Waals surface area contributed by atoms with Crippen molar-refractivity contribution in [1.29, 1.82) is 0 Å². The number of nitrogens with one attached hydrogen (secondary N) is 10. The molecule has 1 saturated heterocycles. The van der Waals surface area contributed by atoms with Crippen molar-refractivity contribution in [2.24, 2.45) is 34.6 Å². The molecule has 1 aromatic rings. The average Bonchev–Trinajstić information content (AvgIpc) is 3.35. The first-order valence-electron chi connectivity index (χ1n) is 25.5. The molecule has 1 heterocycles. The van der Waals surface area contributed by atoms with Crippen molar-refractivity contribution in [2.45, 2.75) is 158 Å². The SMILES string of the molecule is CC(C)C[C@@H]1NC(=O)[C@@H](Cc2ccccc2)NC(=O)[C@H](CCN)NC(=O)[C@@H](NC(=O)[C@H](CCN)NC(=O)[C@@H](NC(=O)CCCCN)C(C)O)CCNC(=O)[C@H](C(C)O)NC(=O)[C@H](CCN)NC(=O)[C@H](CCN)NC1=O. The van der Waals surface area contributed by atoms with Gasteiger partial charge in [-0.15, -0.1) is 0 Å². The molecule has 2 unspecified atom stereocenters. The van der Waals surface area contributed by atoms with Gasteiger partial charge in [-0.05, 0) is 109 Å². The zero-order valence-electron chi connectivity index (χ0n) is 43.5. The van der Waals surface area contributed by atoms with Gasteiger partial charge in [-0.25, -0.2) is 0 Å². The molecule has 11 atom stereocenters. The molecule has 2 rings (SSSR count). The smallest absolute Gasteiger partial charge is 0.245 e. The van der Waals surface area contributed by atoms with E-state index in [9.17, 15) is 58.2 Å². The highest BCUT2D eigenvalue weighted by Crippen LogP contribution is 2.11. The minimum atomic E-state index is -1.66. The number of carbonyl (C=O) groups excluding carboxylic acids is 10. The van der Waals surface area contributed by atoms with E-state index in [0.29, 0.717) is 24.9 Å². The molecule has 0 aliphatic carbocycles. The van der Waals surface area contributed by atoms with Crippen LogP contribution in [0, 0.1) is 5.92 Å². The number of unbranched alkanes of at least 4 members (excludes halogenated alkanes) is 1. The third-order valence-electron chi connectivity index (χ3n) is 12.0. The first-order valence-corrected chi connectivity index (χ1v) is 25.5. The highest BCUT2D eigenvalue weighted by Gasteiger charge is 2.37. The molecule has 22 N–H and O–H groups in total. The third-order valence-corrected chi connectivity index (χ3v) is 12.0. The lowest BCUT2D eigenvalue weighted by Gasteiger charge is -2.28. The fourth-order valence-electron chi connectivity index (χ4n) is 7.86. The lowest BCUT2D eigenvalue weighted by Crippen LogP contribution is -2.61. The second-order valence-electron chi connectivity index (χ2n) is 18.9. The van der Waals surface area contributed by atoms with Crippen LogP contribution in [0.3, 0.4) is 0 Å². The maximum absolute atomic E-state index is 14.4. The van der Waals surface area contributed by atoms with Crippen molar-refractivity contribution in [2.75, 3.05) is 39.3 Å². The normalized spacial score (nSPS) is 23.6. The van der Waals surface area contributed by atoms with Gasteiger partial charge in [-0.3, -0.25) is 47.9 Å². The predicted octanol–water partition coefficient (Wildman–Crippen LogP) is -6.56. The summed E-state index contributed by atoms with van der Waals surface area (Å²) in [5, 5.41) is 46.6. The Morgan fingerprint density at radius 3 is 1.61 bits per heavy atom. The summed E-state index contributed by atoms with van der Waals surface area (Å²) in [4.78, 5) is 139. The van der Waals surface area contributed by atoms with Crippen molar-refractivity contribution in [1.82, 2.24) is 53.2 Å². The van der Waals surface area contributed by atoms with E-state index < -0.39 is 139 Å². The van der Waals surface area contributed by atoms with Gasteiger partial charge in [0.15, 0.2) is 0 Å². The Bertz CT molecular complexity index is 2030. The summed E-state index contributed by atoms with van der Waals surface area (Å²) in [5.41, 5.74) is 29.5. The second-order valence-corrected chi connectivity index (χ2v) is 18.9. The van der Waals surface area contributed by atoms with E-state index in [1.807, 2.05) is 0 Å². The van der Waals surface area contributed by atoms with Crippen molar-refractivity contribution in [3.8, 4) is 0 Å². The van der Waals surface area contributed by atoms with Gasteiger partial charge in [0.05, 0.1) is 12.2 Å². The van der Waals surface area contributed by atoms with Crippen LogP contribution >= 0.6 is 0 Å². The van der Waals surface area contributed by atoms with Gasteiger partial charge in [0, 0.05) is 19.4 Å². The van der Waals surface area contributed by atoms with Gasteiger partial charge in [-0.2, -0.15) is 0 Å². The number of aliphatic hydroxyl groups is 2. The van der Waals surface area contributed by atoms with Gasteiger partial charge in [-0.1, -0.05) is 44.2 Å². The molecule has 0 aromatic heterocycles. The molecule has 1 aliphatic heterocycles. The van der Waals surface area contributed by atoms with Crippen molar-refractivity contribution in [3.63, 3.8) is 0 Å². The molecule has 422 valence electrons. The van der Waals surface area contributed by atoms with E-state index in [-0.39, 0.29) is 77.0 Å². The number of nitrogens with two attached hydrogens (primary N) is 5. The largest absolute Gasteiger partial charge is 0.391 e. The summed E-state index contributed by atoms with van der Waals surface area (Å²) in [5.74, 6) is -8.95. The molecule has 1 fully saturated rings. The Kier molecular flexibility index (Phi) is 29.6. The van der Waals surface area contributed by atoms with Crippen molar-refractivity contribution >= 4 is 59.1 Å². The molecule has 0 spiro atoms. The highest BCUT2D eigenvalue weighted by molar-refractivity contribution is 5.99.